The van der Waals surface area contributed by atoms with Crippen LogP contribution < -0.4 is 5.32 Å². The highest BCUT2D eigenvalue weighted by atomic mass is 19.1. The van der Waals surface area contributed by atoms with Crippen LogP contribution in [0.2, 0.25) is 0 Å². The van der Waals surface area contributed by atoms with Crippen LogP contribution in [0.3, 0.4) is 0 Å². The number of rotatable bonds is 8. The number of carbonyl (C=O) groups excluding carboxylic acids is 1. The molecule has 0 aromatic heterocycles. The van der Waals surface area contributed by atoms with Gasteiger partial charge in [-0.1, -0.05) is 40.6 Å². The summed E-state index contributed by atoms with van der Waals surface area (Å²) < 4.78 is 27.1. The quantitative estimate of drug-likeness (QED) is 0.527. The molecule has 1 aliphatic rings. The Morgan fingerprint density at radius 2 is 1.97 bits per heavy atom. The summed E-state index contributed by atoms with van der Waals surface area (Å²) in [6.45, 7) is 1.94. The molecule has 6 nitrogen and oxygen atoms in total. The molecule has 3 rings (SSSR count). The van der Waals surface area contributed by atoms with Gasteiger partial charge in [0.25, 0.3) is 5.91 Å². The standard InChI is InChI=1S/C22H23F2N3O3/c1-13(18-11-19(18)17-9-8-15(23)10-20(17)24)26-30-12-14-6-4-5-7-16(14)21(27-29-3)22(28)25-2/h4-10,18-19H,11-12H2,1-3H3,(H,25,28)/b26-13+,27-21-. The van der Waals surface area contributed by atoms with Gasteiger partial charge in [-0.15, -0.1) is 0 Å². The molecule has 1 amide bonds. The van der Waals surface area contributed by atoms with E-state index in [0.29, 0.717) is 16.7 Å². The van der Waals surface area contributed by atoms with E-state index in [-0.39, 0.29) is 30.1 Å². The lowest BCUT2D eigenvalue weighted by atomic mass is 10.0. The van der Waals surface area contributed by atoms with Crippen LogP contribution >= 0.6 is 0 Å². The van der Waals surface area contributed by atoms with E-state index in [1.165, 1.54) is 26.3 Å². The summed E-state index contributed by atoms with van der Waals surface area (Å²) in [5.74, 6) is -1.49. The van der Waals surface area contributed by atoms with Crippen LogP contribution in [0.15, 0.2) is 52.8 Å². The number of benzene rings is 2. The lowest BCUT2D eigenvalue weighted by Crippen LogP contribution is -2.29. The minimum Gasteiger partial charge on any atom is -0.398 e. The highest BCUT2D eigenvalue weighted by Gasteiger charge is 2.42. The molecule has 1 N–H and O–H groups in total. The van der Waals surface area contributed by atoms with E-state index in [1.807, 2.05) is 19.1 Å². The van der Waals surface area contributed by atoms with Crippen LogP contribution in [0, 0.1) is 17.6 Å². The van der Waals surface area contributed by atoms with Gasteiger partial charge >= 0.3 is 0 Å². The predicted molar refractivity (Wildman–Crippen MR) is 109 cm³/mol. The minimum absolute atomic E-state index is 0.0288. The van der Waals surface area contributed by atoms with Crippen molar-refractivity contribution in [3.05, 3.63) is 70.8 Å². The number of hydrogen-bond donors (Lipinski definition) is 1. The second-order valence-electron chi connectivity index (χ2n) is 6.98. The highest BCUT2D eigenvalue weighted by molar-refractivity contribution is 6.45. The Kier molecular flexibility index (Phi) is 6.76. The molecule has 2 atom stereocenters. The maximum atomic E-state index is 14.0. The normalized spacial score (nSPS) is 18.7. The topological polar surface area (TPSA) is 72.3 Å². The maximum absolute atomic E-state index is 14.0. The summed E-state index contributed by atoms with van der Waals surface area (Å²) in [7, 11) is 2.88. The molecule has 2 aromatic rings. The SMILES string of the molecule is CNC(=O)/C(=N\OC)c1ccccc1CO/N=C(\C)C1CC1c1ccc(F)cc1F. The van der Waals surface area contributed by atoms with Gasteiger partial charge in [0.1, 0.15) is 25.4 Å². The molecule has 0 spiro atoms. The summed E-state index contributed by atoms with van der Waals surface area (Å²) in [6, 6.07) is 10.8. The van der Waals surface area contributed by atoms with E-state index in [4.69, 9.17) is 9.68 Å². The Labute approximate surface area is 173 Å². The van der Waals surface area contributed by atoms with Crippen molar-refractivity contribution >= 4 is 17.3 Å². The van der Waals surface area contributed by atoms with E-state index >= 15 is 0 Å². The van der Waals surface area contributed by atoms with Gasteiger partial charge in [0, 0.05) is 30.2 Å². The van der Waals surface area contributed by atoms with Gasteiger partial charge in [-0.2, -0.15) is 0 Å². The van der Waals surface area contributed by atoms with Crippen molar-refractivity contribution in [1.82, 2.24) is 5.32 Å². The zero-order valence-corrected chi connectivity index (χ0v) is 17.0. The van der Waals surface area contributed by atoms with E-state index in [1.54, 1.807) is 12.1 Å². The van der Waals surface area contributed by atoms with Crippen molar-refractivity contribution in [3.8, 4) is 0 Å². The lowest BCUT2D eigenvalue weighted by Gasteiger charge is -2.10. The van der Waals surface area contributed by atoms with Crippen LogP contribution in [0.4, 0.5) is 8.78 Å². The Morgan fingerprint density at radius 1 is 1.20 bits per heavy atom. The van der Waals surface area contributed by atoms with Crippen molar-refractivity contribution in [3.63, 3.8) is 0 Å². The van der Waals surface area contributed by atoms with E-state index < -0.39 is 11.6 Å². The zero-order chi connectivity index (χ0) is 21.7. The molecular weight excluding hydrogens is 392 g/mol. The van der Waals surface area contributed by atoms with Crippen molar-refractivity contribution < 1.29 is 23.3 Å². The number of amides is 1. The summed E-state index contributed by atoms with van der Waals surface area (Å²) >= 11 is 0. The molecule has 0 aliphatic heterocycles. The third kappa shape index (κ3) is 4.82. The number of nitrogens with zero attached hydrogens (tertiary/aromatic N) is 2. The Balaban J connectivity index is 1.67. The number of carbonyl (C=O) groups is 1. The number of hydrogen-bond acceptors (Lipinski definition) is 5. The minimum atomic E-state index is -0.589. The molecule has 8 heteroatoms. The average Bonchev–Trinajstić information content (AvgIpc) is 3.52. The van der Waals surface area contributed by atoms with Crippen molar-refractivity contribution in [2.45, 2.75) is 25.9 Å². The highest BCUT2D eigenvalue weighted by Crippen LogP contribution is 2.49. The van der Waals surface area contributed by atoms with E-state index in [9.17, 15) is 13.6 Å². The van der Waals surface area contributed by atoms with Crippen molar-refractivity contribution in [1.29, 1.82) is 0 Å². The number of oxime groups is 2. The Bertz CT molecular complexity index is 991. The third-order valence-electron chi connectivity index (χ3n) is 5.01. The molecule has 0 radical (unpaired) electrons. The molecule has 0 bridgehead atoms. The molecule has 1 fully saturated rings. The monoisotopic (exact) mass is 415 g/mol. The van der Waals surface area contributed by atoms with Gasteiger partial charge in [-0.3, -0.25) is 4.79 Å². The maximum Gasteiger partial charge on any atom is 0.273 e. The molecule has 2 unspecified atom stereocenters. The van der Waals surface area contributed by atoms with Gasteiger partial charge in [0.2, 0.25) is 0 Å². The number of halogens is 2. The van der Waals surface area contributed by atoms with Gasteiger partial charge in [-0.25, -0.2) is 8.78 Å². The fraction of sp³-hybridized carbons (Fsp3) is 0.318. The molecule has 0 heterocycles. The van der Waals surface area contributed by atoms with Crippen LogP contribution in [0.1, 0.15) is 36.0 Å². The van der Waals surface area contributed by atoms with Crippen molar-refractivity contribution in [2.24, 2.45) is 16.2 Å². The fourth-order valence-corrected chi connectivity index (χ4v) is 3.37. The van der Waals surface area contributed by atoms with Gasteiger partial charge in [0.05, 0.1) is 5.71 Å². The summed E-state index contributed by atoms with van der Waals surface area (Å²) in [6.07, 6.45) is 0.735. The van der Waals surface area contributed by atoms with Crippen molar-refractivity contribution in [2.75, 3.05) is 14.2 Å². The summed E-state index contributed by atoms with van der Waals surface area (Å²) in [4.78, 5) is 22.4. The largest absolute Gasteiger partial charge is 0.398 e. The molecule has 2 aromatic carbocycles. The predicted octanol–water partition coefficient (Wildman–Crippen LogP) is 3.76. The molecule has 0 saturated heterocycles. The number of likely N-dealkylation sites (N-methyl/N-ethyl adjacent to an activating group) is 1. The molecule has 1 saturated carbocycles. The van der Waals surface area contributed by atoms with Gasteiger partial charge in [-0.05, 0) is 30.9 Å². The average molecular weight is 415 g/mol. The first-order chi connectivity index (χ1) is 14.5. The van der Waals surface area contributed by atoms with E-state index in [0.717, 1.165) is 18.2 Å². The molecule has 30 heavy (non-hydrogen) atoms. The second-order valence-corrected chi connectivity index (χ2v) is 6.98. The van der Waals surface area contributed by atoms with Gasteiger partial charge < -0.3 is 15.0 Å². The first kappa shape index (κ1) is 21.4. The Morgan fingerprint density at radius 3 is 2.67 bits per heavy atom. The smallest absolute Gasteiger partial charge is 0.273 e. The first-order valence-corrected chi connectivity index (χ1v) is 9.49. The van der Waals surface area contributed by atoms with Crippen LogP contribution in [0.25, 0.3) is 0 Å². The fourth-order valence-electron chi connectivity index (χ4n) is 3.37. The lowest BCUT2D eigenvalue weighted by molar-refractivity contribution is -0.114. The summed E-state index contributed by atoms with van der Waals surface area (Å²) in [5.41, 5.74) is 2.65. The van der Waals surface area contributed by atoms with Gasteiger partial charge in [0.15, 0.2) is 5.71 Å². The van der Waals surface area contributed by atoms with Crippen LogP contribution in [-0.2, 0) is 21.1 Å². The Hall–Kier alpha value is -3.29. The zero-order valence-electron chi connectivity index (χ0n) is 17.0. The van der Waals surface area contributed by atoms with E-state index in [2.05, 4.69) is 15.6 Å². The molecule has 158 valence electrons. The third-order valence-corrected chi connectivity index (χ3v) is 5.01. The second kappa shape index (κ2) is 9.47. The van der Waals surface area contributed by atoms with Crippen LogP contribution in [-0.4, -0.2) is 31.5 Å². The summed E-state index contributed by atoms with van der Waals surface area (Å²) in [5, 5.41) is 10.5. The van der Waals surface area contributed by atoms with Crippen LogP contribution in [0.5, 0.6) is 0 Å². The first-order valence-electron chi connectivity index (χ1n) is 9.49. The number of nitrogens with one attached hydrogen (secondary N) is 1. The molecular formula is C22H23F2N3O3. The molecule has 1 aliphatic carbocycles.